The number of nitrogens with one attached hydrogen (secondary N) is 2. The first-order valence-corrected chi connectivity index (χ1v) is 8.87. The highest BCUT2D eigenvalue weighted by Gasteiger charge is 2.34. The molecule has 2 aliphatic rings. The topological polar surface area (TPSA) is 44.4 Å². The summed E-state index contributed by atoms with van der Waals surface area (Å²) >= 11 is 1.66. The molecular formula is C16H23N3OS. The minimum absolute atomic E-state index is 0.0927. The van der Waals surface area contributed by atoms with Crippen LogP contribution in [0.1, 0.15) is 12.8 Å². The van der Waals surface area contributed by atoms with Crippen molar-refractivity contribution >= 4 is 23.4 Å². The Morgan fingerprint density at radius 3 is 3.10 bits per heavy atom. The maximum absolute atomic E-state index is 12.3. The van der Waals surface area contributed by atoms with Crippen molar-refractivity contribution in [2.45, 2.75) is 23.8 Å². The summed E-state index contributed by atoms with van der Waals surface area (Å²) in [7, 11) is 0. The van der Waals surface area contributed by atoms with E-state index in [1.165, 1.54) is 12.8 Å². The predicted octanol–water partition coefficient (Wildman–Crippen LogP) is 2.03. The van der Waals surface area contributed by atoms with Gasteiger partial charge in [0, 0.05) is 24.0 Å². The zero-order chi connectivity index (χ0) is 14.7. The van der Waals surface area contributed by atoms with Crippen molar-refractivity contribution in [2.75, 3.05) is 37.8 Å². The lowest BCUT2D eigenvalue weighted by atomic mass is 9.94. The van der Waals surface area contributed by atoms with Crippen LogP contribution in [-0.2, 0) is 4.79 Å². The number of carbonyl (C=O) groups excluding carboxylic acids is 1. The Labute approximate surface area is 130 Å². The molecule has 3 rings (SSSR count). The van der Waals surface area contributed by atoms with Gasteiger partial charge in [0.2, 0.25) is 5.91 Å². The van der Waals surface area contributed by atoms with Crippen LogP contribution >= 0.6 is 11.8 Å². The molecule has 21 heavy (non-hydrogen) atoms. The minimum Gasteiger partial charge on any atom is -0.324 e. The zero-order valence-corrected chi connectivity index (χ0v) is 13.3. The first-order chi connectivity index (χ1) is 10.3. The molecule has 0 aliphatic carbocycles. The molecule has 5 heteroatoms. The highest BCUT2D eigenvalue weighted by Crippen LogP contribution is 2.26. The lowest BCUT2D eigenvalue weighted by Gasteiger charge is -2.24. The average Bonchev–Trinajstić information content (AvgIpc) is 2.89. The van der Waals surface area contributed by atoms with E-state index >= 15 is 0 Å². The third-order valence-corrected chi connectivity index (χ3v) is 5.22. The van der Waals surface area contributed by atoms with E-state index in [1.807, 2.05) is 30.5 Å². The molecule has 1 aromatic carbocycles. The first-order valence-electron chi connectivity index (χ1n) is 7.65. The number of nitrogens with zero attached hydrogens (tertiary/aromatic N) is 1. The third-order valence-electron chi connectivity index (χ3n) is 4.42. The van der Waals surface area contributed by atoms with Gasteiger partial charge in [0.25, 0.3) is 0 Å². The van der Waals surface area contributed by atoms with Gasteiger partial charge in [-0.3, -0.25) is 9.69 Å². The Hall–Kier alpha value is -1.04. The van der Waals surface area contributed by atoms with Crippen molar-refractivity contribution < 1.29 is 4.79 Å². The summed E-state index contributed by atoms with van der Waals surface area (Å²) in [5.41, 5.74) is 0.921. The number of likely N-dealkylation sites (tertiary alicyclic amines) is 1. The standard InChI is InChI=1S/C16H23N3OS/c1-21-15-7-3-2-6-13(15)18-16(20)11-19-9-12-5-4-8-17-14(12)10-19/h2-3,6-7,12,14,17H,4-5,8-11H2,1H3,(H,18,20)/t12-,14+/m0/s1. The second-order valence-electron chi connectivity index (χ2n) is 5.91. The monoisotopic (exact) mass is 305 g/mol. The van der Waals surface area contributed by atoms with E-state index in [0.717, 1.165) is 36.1 Å². The van der Waals surface area contributed by atoms with Gasteiger partial charge in [-0.15, -0.1) is 11.8 Å². The van der Waals surface area contributed by atoms with Crippen LogP contribution in [0, 0.1) is 5.92 Å². The van der Waals surface area contributed by atoms with E-state index in [4.69, 9.17) is 0 Å². The molecule has 114 valence electrons. The maximum atomic E-state index is 12.3. The highest BCUT2D eigenvalue weighted by molar-refractivity contribution is 7.98. The molecule has 0 saturated carbocycles. The number of para-hydroxylation sites is 1. The van der Waals surface area contributed by atoms with Crippen LogP contribution in [0.25, 0.3) is 0 Å². The van der Waals surface area contributed by atoms with Crippen molar-refractivity contribution in [3.05, 3.63) is 24.3 Å². The SMILES string of the molecule is CSc1ccccc1NC(=O)CN1C[C@@H]2CCCN[C@@H]2C1. The zero-order valence-electron chi connectivity index (χ0n) is 12.5. The summed E-state index contributed by atoms with van der Waals surface area (Å²) in [5, 5.41) is 6.62. The quantitative estimate of drug-likeness (QED) is 0.836. The van der Waals surface area contributed by atoms with Gasteiger partial charge >= 0.3 is 0 Å². The number of anilines is 1. The summed E-state index contributed by atoms with van der Waals surface area (Å²) < 4.78 is 0. The number of fused-ring (bicyclic) bond motifs is 1. The molecule has 0 radical (unpaired) electrons. The molecule has 2 saturated heterocycles. The van der Waals surface area contributed by atoms with E-state index in [0.29, 0.717) is 12.6 Å². The van der Waals surface area contributed by atoms with Crippen LogP contribution < -0.4 is 10.6 Å². The summed E-state index contributed by atoms with van der Waals surface area (Å²) in [6, 6.07) is 8.55. The Kier molecular flexibility index (Phi) is 4.83. The molecule has 2 fully saturated rings. The Morgan fingerprint density at radius 2 is 2.29 bits per heavy atom. The molecule has 0 aromatic heterocycles. The van der Waals surface area contributed by atoms with Crippen molar-refractivity contribution in [3.63, 3.8) is 0 Å². The highest BCUT2D eigenvalue weighted by atomic mass is 32.2. The molecular weight excluding hydrogens is 282 g/mol. The number of rotatable bonds is 4. The number of piperidine rings is 1. The van der Waals surface area contributed by atoms with Crippen LogP contribution in [0.5, 0.6) is 0 Å². The van der Waals surface area contributed by atoms with E-state index in [2.05, 4.69) is 15.5 Å². The van der Waals surface area contributed by atoms with Crippen LogP contribution in [0.2, 0.25) is 0 Å². The van der Waals surface area contributed by atoms with E-state index in [1.54, 1.807) is 11.8 Å². The van der Waals surface area contributed by atoms with Gasteiger partial charge in [-0.1, -0.05) is 12.1 Å². The fraction of sp³-hybridized carbons (Fsp3) is 0.562. The van der Waals surface area contributed by atoms with Crippen LogP contribution in [0.4, 0.5) is 5.69 Å². The van der Waals surface area contributed by atoms with E-state index < -0.39 is 0 Å². The summed E-state index contributed by atoms with van der Waals surface area (Å²) in [6.07, 6.45) is 4.59. The predicted molar refractivity (Wildman–Crippen MR) is 87.8 cm³/mol. The van der Waals surface area contributed by atoms with Gasteiger partial charge in [-0.25, -0.2) is 0 Å². The molecule has 0 spiro atoms. The largest absolute Gasteiger partial charge is 0.324 e. The average molecular weight is 305 g/mol. The molecule has 0 unspecified atom stereocenters. The van der Waals surface area contributed by atoms with E-state index in [9.17, 15) is 4.79 Å². The minimum atomic E-state index is 0.0927. The molecule has 1 aromatic rings. The second-order valence-corrected chi connectivity index (χ2v) is 6.75. The number of hydrogen-bond acceptors (Lipinski definition) is 4. The molecule has 0 bridgehead atoms. The Balaban J connectivity index is 1.55. The maximum Gasteiger partial charge on any atom is 0.238 e. The number of thioether (sulfide) groups is 1. The number of carbonyl (C=O) groups is 1. The molecule has 4 nitrogen and oxygen atoms in total. The summed E-state index contributed by atoms with van der Waals surface area (Å²) in [5.74, 6) is 0.820. The van der Waals surface area contributed by atoms with Gasteiger partial charge in [0.1, 0.15) is 0 Å². The summed E-state index contributed by atoms with van der Waals surface area (Å²) in [4.78, 5) is 15.7. The molecule has 2 aliphatic heterocycles. The van der Waals surface area contributed by atoms with Gasteiger partial charge in [0.15, 0.2) is 0 Å². The normalized spacial score (nSPS) is 25.6. The lowest BCUT2D eigenvalue weighted by Crippen LogP contribution is -2.41. The molecule has 1 amide bonds. The smallest absolute Gasteiger partial charge is 0.238 e. The van der Waals surface area contributed by atoms with Gasteiger partial charge < -0.3 is 10.6 Å². The number of hydrogen-bond donors (Lipinski definition) is 2. The third kappa shape index (κ3) is 3.59. The van der Waals surface area contributed by atoms with Crippen molar-refractivity contribution in [3.8, 4) is 0 Å². The van der Waals surface area contributed by atoms with Crippen LogP contribution in [0.3, 0.4) is 0 Å². The van der Waals surface area contributed by atoms with Crippen LogP contribution in [-0.4, -0.2) is 49.3 Å². The fourth-order valence-electron chi connectivity index (χ4n) is 3.41. The molecule has 2 atom stereocenters. The number of amides is 1. The van der Waals surface area contributed by atoms with Gasteiger partial charge in [-0.05, 0) is 43.7 Å². The van der Waals surface area contributed by atoms with Gasteiger partial charge in [-0.2, -0.15) is 0 Å². The van der Waals surface area contributed by atoms with E-state index in [-0.39, 0.29) is 5.91 Å². The van der Waals surface area contributed by atoms with Crippen molar-refractivity contribution in [1.82, 2.24) is 10.2 Å². The van der Waals surface area contributed by atoms with Crippen molar-refractivity contribution in [1.29, 1.82) is 0 Å². The second kappa shape index (κ2) is 6.81. The van der Waals surface area contributed by atoms with Gasteiger partial charge in [0.05, 0.1) is 12.2 Å². The first kappa shape index (κ1) is 14.9. The van der Waals surface area contributed by atoms with Crippen LogP contribution in [0.15, 0.2) is 29.2 Å². The Bertz CT molecular complexity index is 494. The number of benzene rings is 1. The van der Waals surface area contributed by atoms with Crippen molar-refractivity contribution in [2.24, 2.45) is 5.92 Å². The fourth-order valence-corrected chi connectivity index (χ4v) is 3.96. The summed E-state index contributed by atoms with van der Waals surface area (Å²) in [6.45, 7) is 3.68. The Morgan fingerprint density at radius 1 is 1.43 bits per heavy atom. The molecule has 2 heterocycles. The lowest BCUT2D eigenvalue weighted by molar-refractivity contribution is -0.117. The molecule has 2 N–H and O–H groups in total.